The standard InChI is InChI=1S/C26H23ClN2O4/c1-3-4-14-32-26(31)22-15-18(10-12-23(22)27)24-13-11-20(33-24)16-21-17(2)28-29(25(21)30)19-8-6-5-7-9-19/h5-13,15-16H,3-4,14H2,1-2H3. The average molecular weight is 463 g/mol. The van der Waals surface area contributed by atoms with Crippen molar-refractivity contribution in [3.63, 3.8) is 0 Å². The molecule has 0 spiro atoms. The van der Waals surface area contributed by atoms with Crippen LogP contribution in [0.2, 0.25) is 5.02 Å². The van der Waals surface area contributed by atoms with Crippen molar-refractivity contribution in [2.75, 3.05) is 11.6 Å². The third-order valence-electron chi connectivity index (χ3n) is 5.18. The highest BCUT2D eigenvalue weighted by atomic mass is 35.5. The van der Waals surface area contributed by atoms with Crippen LogP contribution in [0.3, 0.4) is 0 Å². The molecule has 3 aromatic rings. The number of para-hydroxylation sites is 1. The molecule has 1 amide bonds. The van der Waals surface area contributed by atoms with Crippen LogP contribution in [-0.2, 0) is 9.53 Å². The Hall–Kier alpha value is -3.64. The summed E-state index contributed by atoms with van der Waals surface area (Å²) in [4.78, 5) is 25.3. The fraction of sp³-hybridized carbons (Fsp3) is 0.192. The van der Waals surface area contributed by atoms with Gasteiger partial charge in [0.1, 0.15) is 11.5 Å². The quantitative estimate of drug-likeness (QED) is 0.232. The Morgan fingerprint density at radius 1 is 1.15 bits per heavy atom. The fourth-order valence-electron chi connectivity index (χ4n) is 3.38. The Bertz CT molecular complexity index is 1240. The molecule has 0 fully saturated rings. The number of hydrazone groups is 1. The highest BCUT2D eigenvalue weighted by Gasteiger charge is 2.29. The number of nitrogens with zero attached hydrogens (tertiary/aromatic N) is 2. The Morgan fingerprint density at radius 2 is 1.94 bits per heavy atom. The maximum absolute atomic E-state index is 12.9. The van der Waals surface area contributed by atoms with Gasteiger partial charge < -0.3 is 9.15 Å². The molecule has 0 saturated carbocycles. The third-order valence-corrected chi connectivity index (χ3v) is 5.51. The molecule has 0 saturated heterocycles. The highest BCUT2D eigenvalue weighted by Crippen LogP contribution is 2.30. The smallest absolute Gasteiger partial charge is 0.339 e. The maximum atomic E-state index is 12.9. The largest absolute Gasteiger partial charge is 0.462 e. The van der Waals surface area contributed by atoms with Gasteiger partial charge in [0.2, 0.25) is 0 Å². The lowest BCUT2D eigenvalue weighted by Crippen LogP contribution is -2.21. The minimum Gasteiger partial charge on any atom is -0.462 e. The lowest BCUT2D eigenvalue weighted by Gasteiger charge is -2.10. The number of carbonyl (C=O) groups is 2. The number of halogens is 1. The van der Waals surface area contributed by atoms with E-state index >= 15 is 0 Å². The number of anilines is 1. The molecule has 0 radical (unpaired) electrons. The first kappa shape index (κ1) is 22.6. The first-order valence-electron chi connectivity index (χ1n) is 10.7. The number of carbonyl (C=O) groups excluding carboxylic acids is 2. The number of furan rings is 1. The molecule has 33 heavy (non-hydrogen) atoms. The van der Waals surface area contributed by atoms with Gasteiger partial charge in [-0.1, -0.05) is 43.1 Å². The van der Waals surface area contributed by atoms with E-state index in [1.54, 1.807) is 43.3 Å². The minimum atomic E-state index is -0.464. The van der Waals surface area contributed by atoms with Crippen LogP contribution in [-0.4, -0.2) is 24.2 Å². The molecule has 6 nitrogen and oxygen atoms in total. The summed E-state index contributed by atoms with van der Waals surface area (Å²) in [5.74, 6) is 0.356. The molecule has 1 aliphatic heterocycles. The predicted molar refractivity (Wildman–Crippen MR) is 129 cm³/mol. The molecule has 168 valence electrons. The summed E-state index contributed by atoms with van der Waals surface area (Å²) in [6, 6.07) is 17.9. The molecule has 1 aliphatic rings. The summed E-state index contributed by atoms with van der Waals surface area (Å²) in [5.41, 5.74) is 2.72. The van der Waals surface area contributed by atoms with Crippen molar-refractivity contribution in [3.8, 4) is 11.3 Å². The highest BCUT2D eigenvalue weighted by molar-refractivity contribution is 6.33. The lowest BCUT2D eigenvalue weighted by molar-refractivity contribution is -0.114. The number of esters is 1. The van der Waals surface area contributed by atoms with E-state index < -0.39 is 5.97 Å². The van der Waals surface area contributed by atoms with Gasteiger partial charge in [0.15, 0.2) is 0 Å². The molecule has 2 heterocycles. The third kappa shape index (κ3) is 4.91. The van der Waals surface area contributed by atoms with Crippen LogP contribution in [0.25, 0.3) is 17.4 Å². The van der Waals surface area contributed by atoms with Crippen LogP contribution >= 0.6 is 11.6 Å². The van der Waals surface area contributed by atoms with Crippen LogP contribution in [0.5, 0.6) is 0 Å². The van der Waals surface area contributed by atoms with Crippen molar-refractivity contribution < 1.29 is 18.7 Å². The van der Waals surface area contributed by atoms with Crippen LogP contribution in [0.4, 0.5) is 5.69 Å². The van der Waals surface area contributed by atoms with Crippen molar-refractivity contribution in [3.05, 3.63) is 82.6 Å². The van der Waals surface area contributed by atoms with Crippen molar-refractivity contribution in [2.45, 2.75) is 26.7 Å². The van der Waals surface area contributed by atoms with Gasteiger partial charge in [-0.05, 0) is 61.9 Å². The number of rotatable bonds is 7. The molecular formula is C26H23ClN2O4. The summed E-state index contributed by atoms with van der Waals surface area (Å²) >= 11 is 6.21. The van der Waals surface area contributed by atoms with Gasteiger partial charge in [0.25, 0.3) is 5.91 Å². The van der Waals surface area contributed by atoms with Crippen LogP contribution < -0.4 is 5.01 Å². The second-order valence-electron chi connectivity index (χ2n) is 7.58. The number of ether oxygens (including phenoxy) is 1. The molecule has 0 N–H and O–H groups in total. The van der Waals surface area contributed by atoms with Gasteiger partial charge in [-0.25, -0.2) is 4.79 Å². The fourth-order valence-corrected chi connectivity index (χ4v) is 3.57. The SMILES string of the molecule is CCCCOC(=O)c1cc(-c2ccc(C=C3C(=O)N(c4ccccc4)N=C3C)o2)ccc1Cl. The molecule has 0 unspecified atom stereocenters. The molecule has 7 heteroatoms. The summed E-state index contributed by atoms with van der Waals surface area (Å²) < 4.78 is 11.2. The van der Waals surface area contributed by atoms with E-state index in [9.17, 15) is 9.59 Å². The Balaban J connectivity index is 1.56. The van der Waals surface area contributed by atoms with Crippen molar-refractivity contribution in [2.24, 2.45) is 5.10 Å². The van der Waals surface area contributed by atoms with Crippen LogP contribution in [0, 0.1) is 0 Å². The van der Waals surface area contributed by atoms with Gasteiger partial charge >= 0.3 is 5.97 Å². The van der Waals surface area contributed by atoms with E-state index in [2.05, 4.69) is 5.10 Å². The molecule has 0 bridgehead atoms. The van der Waals surface area contributed by atoms with Gasteiger partial charge in [0, 0.05) is 5.56 Å². The van der Waals surface area contributed by atoms with Gasteiger partial charge in [0.05, 0.1) is 34.2 Å². The van der Waals surface area contributed by atoms with Crippen LogP contribution in [0.15, 0.2) is 75.8 Å². The molecule has 1 aromatic heterocycles. The van der Waals surface area contributed by atoms with Crippen molar-refractivity contribution >= 4 is 41.0 Å². The van der Waals surface area contributed by atoms with Crippen molar-refractivity contribution in [1.29, 1.82) is 0 Å². The van der Waals surface area contributed by atoms with Gasteiger partial charge in [-0.15, -0.1) is 0 Å². The van der Waals surface area contributed by atoms with Gasteiger partial charge in [-0.2, -0.15) is 10.1 Å². The summed E-state index contributed by atoms with van der Waals surface area (Å²) in [5, 5.41) is 6.07. The number of hydrogen-bond donors (Lipinski definition) is 0. The van der Waals surface area contributed by atoms with E-state index in [-0.39, 0.29) is 11.5 Å². The molecular weight excluding hydrogens is 440 g/mol. The molecule has 0 aliphatic carbocycles. The van der Waals surface area contributed by atoms with Crippen LogP contribution in [0.1, 0.15) is 42.8 Å². The normalized spacial score (nSPS) is 14.6. The van der Waals surface area contributed by atoms with E-state index in [1.807, 2.05) is 37.3 Å². The van der Waals surface area contributed by atoms with E-state index in [4.69, 9.17) is 20.8 Å². The first-order chi connectivity index (χ1) is 16.0. The Labute approximate surface area is 197 Å². The molecule has 2 aromatic carbocycles. The van der Waals surface area contributed by atoms with E-state index in [0.717, 1.165) is 12.8 Å². The summed E-state index contributed by atoms with van der Waals surface area (Å²) in [7, 11) is 0. The molecule has 4 rings (SSSR count). The zero-order valence-electron chi connectivity index (χ0n) is 18.4. The second-order valence-corrected chi connectivity index (χ2v) is 7.99. The zero-order valence-corrected chi connectivity index (χ0v) is 19.1. The number of amides is 1. The first-order valence-corrected chi connectivity index (χ1v) is 11.1. The topological polar surface area (TPSA) is 72.1 Å². The lowest BCUT2D eigenvalue weighted by atomic mass is 10.1. The monoisotopic (exact) mass is 462 g/mol. The number of benzene rings is 2. The maximum Gasteiger partial charge on any atom is 0.339 e. The van der Waals surface area contributed by atoms with E-state index in [0.29, 0.717) is 45.7 Å². The van der Waals surface area contributed by atoms with E-state index in [1.165, 1.54) is 5.01 Å². The Kier molecular flexibility index (Phi) is 6.75. The zero-order chi connectivity index (χ0) is 23.4. The summed E-state index contributed by atoms with van der Waals surface area (Å²) in [6.07, 6.45) is 3.40. The average Bonchev–Trinajstić information content (AvgIpc) is 3.40. The Morgan fingerprint density at radius 3 is 2.70 bits per heavy atom. The number of unbranched alkanes of at least 4 members (excludes halogenated alkanes) is 1. The molecule has 0 atom stereocenters. The predicted octanol–water partition coefficient (Wildman–Crippen LogP) is 6.36. The van der Waals surface area contributed by atoms with Crippen molar-refractivity contribution in [1.82, 2.24) is 0 Å². The van der Waals surface area contributed by atoms with Gasteiger partial charge in [-0.3, -0.25) is 4.79 Å². The number of hydrogen-bond acceptors (Lipinski definition) is 5. The summed E-state index contributed by atoms with van der Waals surface area (Å²) in [6.45, 7) is 4.16. The second kappa shape index (κ2) is 9.88. The minimum absolute atomic E-state index is 0.222.